The summed E-state index contributed by atoms with van der Waals surface area (Å²) in [5.41, 5.74) is 7.38. The highest BCUT2D eigenvalue weighted by molar-refractivity contribution is 5.94. The quantitative estimate of drug-likeness (QED) is 0.328. The number of ether oxygens (including phenoxy) is 2. The Morgan fingerprint density at radius 1 is 1.00 bits per heavy atom. The lowest BCUT2D eigenvalue weighted by atomic mass is 9.74. The third kappa shape index (κ3) is 6.89. The Morgan fingerprint density at radius 3 is 2.43 bits per heavy atom. The van der Waals surface area contributed by atoms with Gasteiger partial charge in [-0.1, -0.05) is 6.07 Å². The van der Waals surface area contributed by atoms with Crippen LogP contribution in [0.15, 0.2) is 28.7 Å². The molecule has 0 spiro atoms. The summed E-state index contributed by atoms with van der Waals surface area (Å²) in [6.07, 6.45) is 10.4. The van der Waals surface area contributed by atoms with Crippen LogP contribution in [0.4, 0.5) is 4.39 Å². The first-order valence-electron chi connectivity index (χ1n) is 16.7. The Morgan fingerprint density at radius 2 is 1.75 bits per heavy atom. The number of likely N-dealkylation sites (tertiary alicyclic amines) is 1. The number of hydrogen-bond donors (Lipinski definition) is 1. The first-order chi connectivity index (χ1) is 21.3. The molecule has 1 aromatic heterocycles. The Labute approximate surface area is 259 Å². The van der Waals surface area contributed by atoms with E-state index in [-0.39, 0.29) is 47.7 Å². The summed E-state index contributed by atoms with van der Waals surface area (Å²) in [6.45, 7) is 0.490. The van der Waals surface area contributed by atoms with Crippen molar-refractivity contribution in [1.29, 1.82) is 0 Å². The zero-order valence-electron chi connectivity index (χ0n) is 25.9. The number of methoxy groups -OCH3 is 1. The Kier molecular flexibility index (Phi) is 9.71. The van der Waals surface area contributed by atoms with Crippen molar-refractivity contribution in [2.45, 2.75) is 95.2 Å². The average molecular weight is 611 g/mol. The van der Waals surface area contributed by atoms with Gasteiger partial charge in [0.15, 0.2) is 5.78 Å². The molecule has 1 aromatic carbocycles. The van der Waals surface area contributed by atoms with Gasteiger partial charge in [-0.05, 0) is 118 Å². The van der Waals surface area contributed by atoms with E-state index in [1.54, 1.807) is 19.2 Å². The van der Waals surface area contributed by atoms with Crippen LogP contribution in [0, 0.1) is 29.6 Å². The topological polar surface area (TPSA) is 112 Å². The van der Waals surface area contributed by atoms with Gasteiger partial charge >= 0.3 is 5.97 Å². The second-order valence-electron chi connectivity index (χ2n) is 13.8. The minimum Gasteiger partial charge on any atom is -0.460 e. The molecule has 2 N–H and O–H groups in total. The largest absolute Gasteiger partial charge is 0.460 e. The first kappa shape index (κ1) is 31.2. The van der Waals surface area contributed by atoms with Crippen LogP contribution in [-0.4, -0.2) is 67.7 Å². The minimum absolute atomic E-state index is 0.0646. The number of alkyl halides is 1. The van der Waals surface area contributed by atoms with Crippen LogP contribution in [-0.2, 0) is 25.5 Å². The molecule has 3 aliphatic carbocycles. The molecule has 2 aromatic rings. The number of carbonyl (C=O) groups excluding carboxylic acids is 3. The average Bonchev–Trinajstić information content (AvgIpc) is 3.62. The Bertz CT molecular complexity index is 1320. The molecular weight excluding hydrogens is 563 g/mol. The second-order valence-corrected chi connectivity index (χ2v) is 13.8. The van der Waals surface area contributed by atoms with E-state index >= 15 is 0 Å². The van der Waals surface area contributed by atoms with Crippen molar-refractivity contribution in [3.8, 4) is 0 Å². The minimum atomic E-state index is -0.532. The van der Waals surface area contributed by atoms with Crippen molar-refractivity contribution >= 4 is 28.6 Å². The maximum absolute atomic E-state index is 14.2. The van der Waals surface area contributed by atoms with Gasteiger partial charge in [-0.25, -0.2) is 9.18 Å². The number of Topliss-reactive ketones (excluding diaryl/α,β-unsaturated/α-hetero) is 1. The van der Waals surface area contributed by atoms with Gasteiger partial charge in [0, 0.05) is 37.4 Å². The lowest BCUT2D eigenvalue weighted by molar-refractivity contribution is -0.143. The monoisotopic (exact) mass is 610 g/mol. The number of benzene rings is 1. The van der Waals surface area contributed by atoms with Crippen molar-refractivity contribution in [2.24, 2.45) is 35.3 Å². The second kappa shape index (κ2) is 13.7. The standard InChI is InChI=1S/C35H47FN2O6/c1-42-27-11-9-23(10-12-27)28-14-15-38(34(40)25-7-5-24(6-8-25)29(37)19-36)33(28)30(39)17-22-4-13-31-26(16-22)18-32(44-31)35(41)43-20-21-2-3-21/h4,13,16,18,21,23-25,27-29,33H,2-3,5-12,14-15,17,19-20,37H2,1H3/t23?,24?,25?,27?,28-,29+,33-/m0/s1. The smallest absolute Gasteiger partial charge is 0.374 e. The number of fused-ring (bicyclic) bond motifs is 1. The molecular formula is C35H47FN2O6. The van der Waals surface area contributed by atoms with Crippen molar-refractivity contribution in [3.05, 3.63) is 35.6 Å². The number of hydrogen-bond acceptors (Lipinski definition) is 7. The molecule has 9 heteroatoms. The molecule has 44 heavy (non-hydrogen) atoms. The van der Waals surface area contributed by atoms with Crippen LogP contribution in [0.2, 0.25) is 0 Å². The molecule has 1 aliphatic heterocycles. The van der Waals surface area contributed by atoms with Gasteiger partial charge in [0.2, 0.25) is 11.7 Å². The number of nitrogens with zero attached hydrogens (tertiary/aromatic N) is 1. The molecule has 0 radical (unpaired) electrons. The number of carbonyl (C=O) groups is 3. The molecule has 3 atom stereocenters. The van der Waals surface area contributed by atoms with Crippen LogP contribution >= 0.6 is 0 Å². The molecule has 240 valence electrons. The van der Waals surface area contributed by atoms with E-state index < -0.39 is 24.7 Å². The van der Waals surface area contributed by atoms with Gasteiger partial charge in [-0.15, -0.1) is 0 Å². The van der Waals surface area contributed by atoms with Gasteiger partial charge in [-0.2, -0.15) is 0 Å². The Balaban J connectivity index is 1.17. The van der Waals surface area contributed by atoms with E-state index in [0.717, 1.165) is 68.7 Å². The summed E-state index contributed by atoms with van der Waals surface area (Å²) >= 11 is 0. The number of halogens is 1. The summed E-state index contributed by atoms with van der Waals surface area (Å²) in [7, 11) is 1.76. The predicted octanol–water partition coefficient (Wildman–Crippen LogP) is 5.64. The highest BCUT2D eigenvalue weighted by atomic mass is 19.1. The first-order valence-corrected chi connectivity index (χ1v) is 16.7. The maximum Gasteiger partial charge on any atom is 0.374 e. The van der Waals surface area contributed by atoms with Gasteiger partial charge in [-0.3, -0.25) is 9.59 Å². The fraction of sp³-hybridized carbons (Fsp3) is 0.686. The normalized spacial score (nSPS) is 29.9. The number of rotatable bonds is 11. The summed E-state index contributed by atoms with van der Waals surface area (Å²) in [4.78, 5) is 42.5. The molecule has 0 unspecified atom stereocenters. The molecule has 2 heterocycles. The number of esters is 1. The summed E-state index contributed by atoms with van der Waals surface area (Å²) < 4.78 is 29.9. The van der Waals surface area contributed by atoms with E-state index in [0.29, 0.717) is 43.4 Å². The van der Waals surface area contributed by atoms with E-state index in [4.69, 9.17) is 19.6 Å². The zero-order valence-corrected chi connectivity index (χ0v) is 25.9. The molecule has 6 rings (SSSR count). The molecule has 3 saturated carbocycles. The van der Waals surface area contributed by atoms with E-state index in [2.05, 4.69) is 0 Å². The SMILES string of the molecule is COC1CCC([C@@H]2CCN(C(=O)C3CCC([C@H](N)CF)CC3)[C@@H]2C(=O)Cc2ccc3oc(C(=O)OCC4CC4)cc3c2)CC1. The number of furan rings is 1. The summed E-state index contributed by atoms with van der Waals surface area (Å²) in [5, 5.41) is 0.755. The Hall–Kier alpha value is -2.78. The van der Waals surface area contributed by atoms with E-state index in [9.17, 15) is 18.8 Å². The van der Waals surface area contributed by atoms with Crippen LogP contribution in [0.5, 0.6) is 0 Å². The predicted molar refractivity (Wildman–Crippen MR) is 164 cm³/mol. The highest BCUT2D eigenvalue weighted by Crippen LogP contribution is 2.42. The van der Waals surface area contributed by atoms with Crippen molar-refractivity contribution in [2.75, 3.05) is 26.9 Å². The van der Waals surface area contributed by atoms with Crippen LogP contribution in [0.1, 0.15) is 86.7 Å². The molecule has 0 bridgehead atoms. The van der Waals surface area contributed by atoms with Crippen LogP contribution in [0.3, 0.4) is 0 Å². The van der Waals surface area contributed by atoms with E-state index in [1.165, 1.54) is 0 Å². The molecule has 4 fully saturated rings. The van der Waals surface area contributed by atoms with E-state index in [1.807, 2.05) is 17.0 Å². The lowest BCUT2D eigenvalue weighted by Crippen LogP contribution is -2.48. The molecule has 4 aliphatic rings. The van der Waals surface area contributed by atoms with Gasteiger partial charge < -0.3 is 24.5 Å². The van der Waals surface area contributed by atoms with Crippen molar-refractivity contribution < 1.29 is 32.7 Å². The van der Waals surface area contributed by atoms with Crippen molar-refractivity contribution in [1.82, 2.24) is 4.90 Å². The summed E-state index contributed by atoms with van der Waals surface area (Å²) in [6, 6.07) is 6.35. The molecule has 1 amide bonds. The number of ketones is 1. The third-order valence-electron chi connectivity index (χ3n) is 10.9. The number of amides is 1. The lowest BCUT2D eigenvalue weighted by Gasteiger charge is -2.37. The fourth-order valence-corrected chi connectivity index (χ4v) is 8.04. The van der Waals surface area contributed by atoms with Crippen molar-refractivity contribution in [3.63, 3.8) is 0 Å². The molecule has 8 nitrogen and oxygen atoms in total. The van der Waals surface area contributed by atoms with Gasteiger partial charge in [0.05, 0.1) is 18.8 Å². The zero-order chi connectivity index (χ0) is 30.8. The fourth-order valence-electron chi connectivity index (χ4n) is 8.04. The van der Waals surface area contributed by atoms with Gasteiger partial charge in [0.25, 0.3) is 0 Å². The highest BCUT2D eigenvalue weighted by Gasteiger charge is 2.47. The summed E-state index contributed by atoms with van der Waals surface area (Å²) in [5.74, 6) is 0.801. The van der Waals surface area contributed by atoms with Gasteiger partial charge in [0.1, 0.15) is 12.3 Å². The maximum atomic E-state index is 14.2. The number of nitrogens with two attached hydrogens (primary N) is 1. The van der Waals surface area contributed by atoms with Crippen LogP contribution < -0.4 is 5.73 Å². The molecule has 1 saturated heterocycles. The third-order valence-corrected chi connectivity index (χ3v) is 10.9. The van der Waals surface area contributed by atoms with Crippen LogP contribution in [0.25, 0.3) is 11.0 Å².